The molecule has 0 aromatic heterocycles. The zero-order chi connectivity index (χ0) is 8.81. The number of rotatable bonds is 0. The van der Waals surface area contributed by atoms with E-state index in [1.807, 2.05) is 13.8 Å². The van der Waals surface area contributed by atoms with Gasteiger partial charge in [0.2, 0.25) is 0 Å². The lowest BCUT2D eigenvalue weighted by atomic mass is 9.91. The molecule has 0 aromatic carbocycles. The molecule has 0 heteroatoms. The van der Waals surface area contributed by atoms with Gasteiger partial charge in [-0.3, -0.25) is 0 Å². The topological polar surface area (TPSA) is 0 Å². The van der Waals surface area contributed by atoms with Crippen LogP contribution >= 0.6 is 0 Å². The van der Waals surface area contributed by atoms with Crippen molar-refractivity contribution >= 4 is 0 Å². The van der Waals surface area contributed by atoms with Crippen molar-refractivity contribution in [2.45, 2.75) is 52.4 Å². The molecule has 0 radical (unpaired) electrons. The summed E-state index contributed by atoms with van der Waals surface area (Å²) in [5.41, 5.74) is 0. The molecule has 0 N–H and O–H groups in total. The van der Waals surface area contributed by atoms with E-state index in [9.17, 15) is 0 Å². The number of allylic oxidation sites excluding steroid dienone is 2. The van der Waals surface area contributed by atoms with E-state index in [1.54, 1.807) is 0 Å². The molecule has 2 atom stereocenters. The molecule has 0 nitrogen and oxygen atoms in total. The Kier molecular flexibility index (Phi) is 4.42. The summed E-state index contributed by atoms with van der Waals surface area (Å²) in [7, 11) is 0. The van der Waals surface area contributed by atoms with Gasteiger partial charge in [-0.1, -0.05) is 38.8 Å². The molecule has 0 heterocycles. The maximum absolute atomic E-state index is 2.40. The van der Waals surface area contributed by atoms with Crippen molar-refractivity contribution in [2.24, 2.45) is 11.8 Å². The van der Waals surface area contributed by atoms with Crippen LogP contribution < -0.4 is 0 Å². The van der Waals surface area contributed by atoms with Crippen LogP contribution in [-0.4, -0.2) is 0 Å². The van der Waals surface area contributed by atoms with Gasteiger partial charge < -0.3 is 0 Å². The van der Waals surface area contributed by atoms with Crippen molar-refractivity contribution in [2.75, 3.05) is 0 Å². The summed E-state index contributed by atoms with van der Waals surface area (Å²) in [5, 5.41) is 0. The van der Waals surface area contributed by atoms with E-state index < -0.39 is 0 Å². The summed E-state index contributed by atoms with van der Waals surface area (Å²) in [4.78, 5) is 0. The molecule has 0 aromatic rings. The van der Waals surface area contributed by atoms with E-state index >= 15 is 0 Å². The summed E-state index contributed by atoms with van der Waals surface area (Å²) in [6.45, 7) is 4.00. The first-order valence-corrected chi connectivity index (χ1v) is 5.62. The van der Waals surface area contributed by atoms with Crippen LogP contribution in [0.15, 0.2) is 12.2 Å². The van der Waals surface area contributed by atoms with Gasteiger partial charge in [-0.2, -0.15) is 0 Å². The Labute approximate surface area is 77.1 Å². The first-order chi connectivity index (χ1) is 5.97. The van der Waals surface area contributed by atoms with Crippen molar-refractivity contribution in [3.8, 4) is 0 Å². The lowest BCUT2D eigenvalue weighted by molar-refractivity contribution is 0.378. The van der Waals surface area contributed by atoms with Crippen LogP contribution in [0.2, 0.25) is 0 Å². The molecule has 0 aliphatic heterocycles. The summed E-state index contributed by atoms with van der Waals surface area (Å²) in [6, 6.07) is 0. The first kappa shape index (κ1) is 9.83. The number of hydrogen-bond acceptors (Lipinski definition) is 0. The first-order valence-electron chi connectivity index (χ1n) is 5.62. The normalized spacial score (nSPS) is 33.2. The minimum Gasteiger partial charge on any atom is -0.0885 e. The molecular weight excluding hydrogens is 144 g/mol. The molecule has 2 aliphatic rings. The van der Waals surface area contributed by atoms with Crippen LogP contribution in [0.1, 0.15) is 52.4 Å². The predicted molar refractivity (Wildman–Crippen MR) is 55.2 cm³/mol. The highest BCUT2D eigenvalue weighted by atomic mass is 14.3. The Balaban J connectivity index is 0.000000336. The number of fused-ring (bicyclic) bond motifs is 1. The molecule has 0 saturated heterocycles. The molecule has 0 spiro atoms. The van der Waals surface area contributed by atoms with Crippen LogP contribution in [0.25, 0.3) is 0 Å². The maximum Gasteiger partial charge on any atom is -0.0320 e. The van der Waals surface area contributed by atoms with Crippen LogP contribution in [0.3, 0.4) is 0 Å². The van der Waals surface area contributed by atoms with Crippen LogP contribution in [0, 0.1) is 11.8 Å². The third-order valence-corrected chi connectivity index (χ3v) is 3.13. The third-order valence-electron chi connectivity index (χ3n) is 3.13. The van der Waals surface area contributed by atoms with Crippen molar-refractivity contribution in [1.82, 2.24) is 0 Å². The Morgan fingerprint density at radius 2 is 1.67 bits per heavy atom. The second kappa shape index (κ2) is 5.40. The van der Waals surface area contributed by atoms with Gasteiger partial charge in [0.1, 0.15) is 0 Å². The second-order valence-corrected chi connectivity index (χ2v) is 3.74. The lowest BCUT2D eigenvalue weighted by Gasteiger charge is -2.14. The van der Waals surface area contributed by atoms with Crippen LogP contribution in [0.4, 0.5) is 0 Å². The van der Waals surface area contributed by atoms with E-state index in [2.05, 4.69) is 12.2 Å². The second-order valence-electron chi connectivity index (χ2n) is 3.74. The molecule has 0 bridgehead atoms. The maximum atomic E-state index is 2.40. The van der Waals surface area contributed by atoms with Crippen molar-refractivity contribution in [3.05, 3.63) is 12.2 Å². The molecule has 70 valence electrons. The molecule has 2 rings (SSSR count). The fraction of sp³-hybridized carbons (Fsp3) is 0.833. The van der Waals surface area contributed by atoms with E-state index in [-0.39, 0.29) is 0 Å². The fourth-order valence-corrected chi connectivity index (χ4v) is 2.50. The summed E-state index contributed by atoms with van der Waals surface area (Å²) < 4.78 is 0. The smallest absolute Gasteiger partial charge is 0.0320 e. The molecule has 12 heavy (non-hydrogen) atoms. The average molecular weight is 166 g/mol. The molecular formula is C12H22. The largest absolute Gasteiger partial charge is 0.0885 e. The van der Waals surface area contributed by atoms with Gasteiger partial charge in [0.25, 0.3) is 0 Å². The molecule has 0 amide bonds. The third kappa shape index (κ3) is 2.36. The van der Waals surface area contributed by atoms with Crippen molar-refractivity contribution in [3.63, 3.8) is 0 Å². The summed E-state index contributed by atoms with van der Waals surface area (Å²) in [5.74, 6) is 2.16. The minimum absolute atomic E-state index is 1.07. The Bertz CT molecular complexity index is 135. The van der Waals surface area contributed by atoms with Crippen LogP contribution in [0.5, 0.6) is 0 Å². The highest BCUT2D eigenvalue weighted by Crippen LogP contribution is 2.38. The highest BCUT2D eigenvalue weighted by molar-refractivity contribution is 4.93. The van der Waals surface area contributed by atoms with Crippen LogP contribution in [-0.2, 0) is 0 Å². The monoisotopic (exact) mass is 166 g/mol. The average Bonchev–Trinajstić information content (AvgIpc) is 2.46. The van der Waals surface area contributed by atoms with Gasteiger partial charge in [0, 0.05) is 0 Å². The van der Waals surface area contributed by atoms with Gasteiger partial charge in [-0.25, -0.2) is 0 Å². The SMILES string of the molecule is C1=CCC2CCCC2CC1.CC. The molecule has 1 saturated carbocycles. The fourth-order valence-electron chi connectivity index (χ4n) is 2.50. The van der Waals surface area contributed by atoms with Gasteiger partial charge in [-0.05, 0) is 37.5 Å². The predicted octanol–water partition coefficient (Wildman–Crippen LogP) is 4.17. The van der Waals surface area contributed by atoms with E-state index in [4.69, 9.17) is 0 Å². The zero-order valence-corrected chi connectivity index (χ0v) is 8.55. The molecule has 1 fully saturated rings. The number of hydrogen-bond donors (Lipinski definition) is 0. The minimum atomic E-state index is 1.07. The molecule has 2 aliphatic carbocycles. The van der Waals surface area contributed by atoms with Crippen molar-refractivity contribution < 1.29 is 0 Å². The lowest BCUT2D eigenvalue weighted by Crippen LogP contribution is -2.04. The Morgan fingerprint density at radius 3 is 2.50 bits per heavy atom. The highest BCUT2D eigenvalue weighted by Gasteiger charge is 2.26. The van der Waals surface area contributed by atoms with Gasteiger partial charge in [0.15, 0.2) is 0 Å². The Morgan fingerprint density at radius 1 is 0.917 bits per heavy atom. The summed E-state index contributed by atoms with van der Waals surface area (Å²) >= 11 is 0. The van der Waals surface area contributed by atoms with Gasteiger partial charge >= 0.3 is 0 Å². The van der Waals surface area contributed by atoms with E-state index in [0.29, 0.717) is 0 Å². The van der Waals surface area contributed by atoms with Gasteiger partial charge in [0.05, 0.1) is 0 Å². The van der Waals surface area contributed by atoms with Gasteiger partial charge in [-0.15, -0.1) is 0 Å². The van der Waals surface area contributed by atoms with E-state index in [1.165, 1.54) is 38.5 Å². The van der Waals surface area contributed by atoms with E-state index in [0.717, 1.165) is 11.8 Å². The van der Waals surface area contributed by atoms with Crippen molar-refractivity contribution in [1.29, 1.82) is 0 Å². The quantitative estimate of drug-likeness (QED) is 0.474. The summed E-state index contributed by atoms with van der Waals surface area (Å²) in [6.07, 6.45) is 13.5. The Hall–Kier alpha value is -0.260. The molecule has 2 unspecified atom stereocenters. The zero-order valence-electron chi connectivity index (χ0n) is 8.55. The standard InChI is InChI=1S/C10H16.C2H6/c1-2-5-9-7-4-8-10(9)6-3-1;1-2/h1-2,9-10H,3-8H2;1-2H3.